The number of hydrogen-bond acceptors (Lipinski definition) is 2. The second-order valence-electron chi connectivity index (χ2n) is 5.49. The summed E-state index contributed by atoms with van der Waals surface area (Å²) in [6, 6.07) is 6.78. The third-order valence-electron chi connectivity index (χ3n) is 4.29. The molecule has 1 heterocycles. The fraction of sp³-hybridized carbons (Fsp3) is 0.533. The van der Waals surface area contributed by atoms with Gasteiger partial charge < -0.3 is 10.6 Å². The lowest BCUT2D eigenvalue weighted by Crippen LogP contribution is -2.27. The van der Waals surface area contributed by atoms with E-state index in [1.807, 2.05) is 0 Å². The van der Waals surface area contributed by atoms with Gasteiger partial charge >= 0.3 is 0 Å². The van der Waals surface area contributed by atoms with Crippen LogP contribution in [0.25, 0.3) is 0 Å². The Morgan fingerprint density at radius 2 is 2.00 bits per heavy atom. The number of rotatable bonds is 2. The maximum Gasteiger partial charge on any atom is 0.222 e. The highest BCUT2D eigenvalue weighted by atomic mass is 16.1. The second-order valence-corrected chi connectivity index (χ2v) is 5.49. The zero-order valence-corrected chi connectivity index (χ0v) is 10.7. The van der Waals surface area contributed by atoms with E-state index in [2.05, 4.69) is 23.1 Å². The van der Waals surface area contributed by atoms with Gasteiger partial charge in [-0.05, 0) is 55.4 Å². The van der Waals surface area contributed by atoms with Crippen molar-refractivity contribution in [2.24, 2.45) is 11.7 Å². The van der Waals surface area contributed by atoms with Crippen molar-refractivity contribution in [1.82, 2.24) is 0 Å². The number of primary amides is 1. The van der Waals surface area contributed by atoms with Crippen molar-refractivity contribution < 1.29 is 4.79 Å². The van der Waals surface area contributed by atoms with E-state index in [9.17, 15) is 4.79 Å². The van der Waals surface area contributed by atoms with E-state index >= 15 is 0 Å². The van der Waals surface area contributed by atoms with Crippen LogP contribution < -0.4 is 10.6 Å². The highest BCUT2D eigenvalue weighted by molar-refractivity contribution is 5.78. The first-order valence-corrected chi connectivity index (χ1v) is 6.90. The maximum atomic E-state index is 11.2. The molecule has 2 N–H and O–H groups in total. The van der Waals surface area contributed by atoms with Crippen molar-refractivity contribution in [3.05, 3.63) is 29.3 Å². The first kappa shape index (κ1) is 11.6. The van der Waals surface area contributed by atoms with Crippen LogP contribution in [0.5, 0.6) is 0 Å². The molecule has 3 nitrogen and oxygen atoms in total. The lowest BCUT2D eigenvalue weighted by molar-refractivity contribution is -0.121. The Labute approximate surface area is 108 Å². The highest BCUT2D eigenvalue weighted by Gasteiger charge is 2.27. The molecular formula is C15H20N2O. The molecule has 1 fully saturated rings. The smallest absolute Gasteiger partial charge is 0.222 e. The number of nitrogens with two attached hydrogens (primary N) is 1. The third-order valence-corrected chi connectivity index (χ3v) is 4.29. The van der Waals surface area contributed by atoms with Crippen LogP contribution >= 0.6 is 0 Å². The Morgan fingerprint density at radius 1 is 1.22 bits per heavy atom. The molecule has 0 aromatic heterocycles. The molecule has 1 aliphatic heterocycles. The van der Waals surface area contributed by atoms with Crippen molar-refractivity contribution in [2.45, 2.75) is 32.1 Å². The molecule has 1 aromatic rings. The van der Waals surface area contributed by atoms with Crippen LogP contribution in [-0.2, 0) is 17.6 Å². The van der Waals surface area contributed by atoms with Gasteiger partial charge in [-0.2, -0.15) is 0 Å². The highest BCUT2D eigenvalue weighted by Crippen LogP contribution is 2.29. The number of carbonyl (C=O) groups excluding carboxylic acids is 1. The van der Waals surface area contributed by atoms with E-state index < -0.39 is 0 Å². The van der Waals surface area contributed by atoms with Crippen molar-refractivity contribution in [3.63, 3.8) is 0 Å². The molecular weight excluding hydrogens is 224 g/mol. The maximum absolute atomic E-state index is 11.2. The number of hydrogen-bond donors (Lipinski definition) is 1. The molecule has 0 radical (unpaired) electrons. The van der Waals surface area contributed by atoms with Crippen LogP contribution in [0.15, 0.2) is 18.2 Å². The third kappa shape index (κ3) is 2.09. The second kappa shape index (κ2) is 4.63. The average molecular weight is 244 g/mol. The normalized spacial score (nSPS) is 22.9. The molecule has 0 saturated carbocycles. The standard InChI is InChI=1S/C15H20N2O/c16-15(18)13-7-8-17(10-13)14-6-5-11-3-1-2-4-12(11)9-14/h5-6,9,13H,1-4,7-8,10H2,(H2,16,18)/t13-/m0/s1. The molecule has 96 valence electrons. The van der Waals surface area contributed by atoms with Crippen molar-refractivity contribution >= 4 is 11.6 Å². The molecule has 3 rings (SSSR count). The summed E-state index contributed by atoms with van der Waals surface area (Å²) in [5.74, 6) is -0.128. The topological polar surface area (TPSA) is 46.3 Å². The number of anilines is 1. The van der Waals surface area contributed by atoms with E-state index in [1.54, 1.807) is 0 Å². The molecule has 3 heteroatoms. The van der Waals surface area contributed by atoms with Gasteiger partial charge in [-0.15, -0.1) is 0 Å². The number of amides is 1. The lowest BCUT2D eigenvalue weighted by Gasteiger charge is -2.22. The Hall–Kier alpha value is -1.51. The van der Waals surface area contributed by atoms with Gasteiger partial charge in [0.25, 0.3) is 0 Å². The number of aryl methyl sites for hydroxylation is 2. The number of fused-ring (bicyclic) bond motifs is 1. The zero-order chi connectivity index (χ0) is 12.5. The van der Waals surface area contributed by atoms with Crippen LogP contribution in [0.1, 0.15) is 30.4 Å². The van der Waals surface area contributed by atoms with Gasteiger partial charge in [0.15, 0.2) is 0 Å². The van der Waals surface area contributed by atoms with Crippen LogP contribution in [0.4, 0.5) is 5.69 Å². The van der Waals surface area contributed by atoms with Gasteiger partial charge in [0.05, 0.1) is 5.92 Å². The van der Waals surface area contributed by atoms with Crippen molar-refractivity contribution in [2.75, 3.05) is 18.0 Å². The monoisotopic (exact) mass is 244 g/mol. The SMILES string of the molecule is NC(=O)[C@H]1CCN(c2ccc3c(c2)CCCC3)C1. The molecule has 0 bridgehead atoms. The summed E-state index contributed by atoms with van der Waals surface area (Å²) in [6.45, 7) is 1.74. The van der Waals surface area contributed by atoms with Gasteiger partial charge in [-0.3, -0.25) is 4.79 Å². The summed E-state index contributed by atoms with van der Waals surface area (Å²) >= 11 is 0. The van der Waals surface area contributed by atoms with Gasteiger partial charge in [0.1, 0.15) is 0 Å². The van der Waals surface area contributed by atoms with E-state index in [0.717, 1.165) is 19.5 Å². The fourth-order valence-electron chi connectivity index (χ4n) is 3.14. The Bertz CT molecular complexity index is 470. The van der Waals surface area contributed by atoms with E-state index in [-0.39, 0.29) is 11.8 Å². The van der Waals surface area contributed by atoms with Crippen LogP contribution in [-0.4, -0.2) is 19.0 Å². The summed E-state index contributed by atoms with van der Waals surface area (Å²) in [7, 11) is 0. The minimum Gasteiger partial charge on any atom is -0.371 e. The summed E-state index contributed by atoms with van der Waals surface area (Å²) in [5, 5.41) is 0. The Kier molecular flexibility index (Phi) is 2.98. The van der Waals surface area contributed by atoms with Gasteiger partial charge in [0.2, 0.25) is 5.91 Å². The van der Waals surface area contributed by atoms with E-state index in [1.165, 1.54) is 42.5 Å². The lowest BCUT2D eigenvalue weighted by atomic mass is 9.91. The van der Waals surface area contributed by atoms with Crippen LogP contribution in [0.2, 0.25) is 0 Å². The number of benzene rings is 1. The first-order chi connectivity index (χ1) is 8.74. The number of carbonyl (C=O) groups is 1. The van der Waals surface area contributed by atoms with Crippen molar-refractivity contribution in [1.29, 1.82) is 0 Å². The van der Waals surface area contributed by atoms with Gasteiger partial charge in [0, 0.05) is 18.8 Å². The minimum absolute atomic E-state index is 0.0287. The molecule has 1 atom stereocenters. The van der Waals surface area contributed by atoms with E-state index in [4.69, 9.17) is 5.73 Å². The molecule has 0 spiro atoms. The molecule has 18 heavy (non-hydrogen) atoms. The molecule has 1 saturated heterocycles. The number of nitrogens with zero attached hydrogens (tertiary/aromatic N) is 1. The van der Waals surface area contributed by atoms with Crippen LogP contribution in [0.3, 0.4) is 0 Å². The summed E-state index contributed by atoms with van der Waals surface area (Å²) < 4.78 is 0. The minimum atomic E-state index is -0.157. The summed E-state index contributed by atoms with van der Waals surface area (Å²) in [5.41, 5.74) is 9.66. The van der Waals surface area contributed by atoms with Crippen LogP contribution in [0, 0.1) is 5.92 Å². The Morgan fingerprint density at radius 3 is 2.72 bits per heavy atom. The largest absolute Gasteiger partial charge is 0.371 e. The predicted octanol–water partition coefficient (Wildman–Crippen LogP) is 1.88. The van der Waals surface area contributed by atoms with E-state index in [0.29, 0.717) is 0 Å². The van der Waals surface area contributed by atoms with Gasteiger partial charge in [-0.25, -0.2) is 0 Å². The quantitative estimate of drug-likeness (QED) is 0.863. The fourth-order valence-corrected chi connectivity index (χ4v) is 3.14. The predicted molar refractivity (Wildman–Crippen MR) is 72.6 cm³/mol. The van der Waals surface area contributed by atoms with Crippen molar-refractivity contribution in [3.8, 4) is 0 Å². The average Bonchev–Trinajstić information content (AvgIpc) is 2.88. The zero-order valence-electron chi connectivity index (χ0n) is 10.7. The molecule has 2 aliphatic rings. The first-order valence-electron chi connectivity index (χ1n) is 6.90. The Balaban J connectivity index is 1.79. The molecule has 1 aromatic carbocycles. The molecule has 1 amide bonds. The van der Waals surface area contributed by atoms with Gasteiger partial charge in [-0.1, -0.05) is 6.07 Å². The summed E-state index contributed by atoms with van der Waals surface area (Å²) in [6.07, 6.45) is 5.95. The molecule has 1 aliphatic carbocycles. The molecule has 0 unspecified atom stereocenters. The summed E-state index contributed by atoms with van der Waals surface area (Å²) in [4.78, 5) is 13.5.